The SMILES string of the molecule is C#CC1(n2c(=O)c3cc4c(=O)n(C5(C#C)CCCCC5)c(=O)c4cc3c2=O)CCCCC1. The van der Waals surface area contributed by atoms with Crippen molar-refractivity contribution in [2.24, 2.45) is 0 Å². The van der Waals surface area contributed by atoms with Crippen LogP contribution in [0.4, 0.5) is 0 Å². The summed E-state index contributed by atoms with van der Waals surface area (Å²) in [6, 6.07) is 2.79. The van der Waals surface area contributed by atoms with Gasteiger partial charge in [-0.2, -0.15) is 0 Å². The Morgan fingerprint density at radius 1 is 0.562 bits per heavy atom. The van der Waals surface area contributed by atoms with E-state index < -0.39 is 33.3 Å². The standard InChI is InChI=1S/C26H24N2O4/c1-3-25(11-7-5-8-12-25)27-21(29)17-15-19-20(16-18(17)22(27)30)24(32)28(23(19)31)26(4-2)13-9-6-10-14-26/h1-2,15-16H,5-14H2. The van der Waals surface area contributed by atoms with Gasteiger partial charge in [-0.1, -0.05) is 50.4 Å². The fourth-order valence-electron chi connectivity index (χ4n) is 5.89. The van der Waals surface area contributed by atoms with Crippen LogP contribution in [0.5, 0.6) is 0 Å². The summed E-state index contributed by atoms with van der Waals surface area (Å²) in [5.41, 5.74) is -3.87. The Hall–Kier alpha value is -3.38. The van der Waals surface area contributed by atoms with Crippen LogP contribution in [0.2, 0.25) is 0 Å². The number of hydrogen-bond acceptors (Lipinski definition) is 4. The van der Waals surface area contributed by atoms with Gasteiger partial charge in [-0.05, 0) is 37.8 Å². The summed E-state index contributed by atoms with van der Waals surface area (Å²) in [6.45, 7) is 0. The molecule has 2 heterocycles. The summed E-state index contributed by atoms with van der Waals surface area (Å²) in [6.07, 6.45) is 19.3. The van der Waals surface area contributed by atoms with Crippen molar-refractivity contribution in [3.8, 4) is 24.7 Å². The molecule has 2 aliphatic carbocycles. The van der Waals surface area contributed by atoms with E-state index in [0.29, 0.717) is 25.7 Å². The number of hydrogen-bond donors (Lipinski definition) is 0. The van der Waals surface area contributed by atoms with Gasteiger partial charge in [0, 0.05) is 0 Å². The molecule has 0 aliphatic heterocycles. The van der Waals surface area contributed by atoms with Gasteiger partial charge in [0.1, 0.15) is 11.1 Å². The molecule has 32 heavy (non-hydrogen) atoms. The Morgan fingerprint density at radius 3 is 1.09 bits per heavy atom. The van der Waals surface area contributed by atoms with Crippen molar-refractivity contribution < 1.29 is 0 Å². The van der Waals surface area contributed by atoms with Crippen molar-refractivity contribution in [3.05, 3.63) is 53.5 Å². The van der Waals surface area contributed by atoms with Gasteiger partial charge < -0.3 is 0 Å². The second kappa shape index (κ2) is 7.07. The molecule has 2 aliphatic rings. The smallest absolute Gasteiger partial charge is 0.262 e. The van der Waals surface area contributed by atoms with Crippen molar-refractivity contribution in [2.45, 2.75) is 75.3 Å². The van der Waals surface area contributed by atoms with Gasteiger partial charge in [0.25, 0.3) is 22.2 Å². The highest BCUT2D eigenvalue weighted by atomic mass is 16.2. The molecule has 5 rings (SSSR count). The van der Waals surface area contributed by atoms with Crippen molar-refractivity contribution in [1.29, 1.82) is 0 Å². The highest BCUT2D eigenvalue weighted by molar-refractivity contribution is 5.98. The molecule has 0 spiro atoms. The zero-order chi connectivity index (χ0) is 22.7. The summed E-state index contributed by atoms with van der Waals surface area (Å²) < 4.78 is 2.37. The van der Waals surface area contributed by atoms with E-state index >= 15 is 0 Å². The first-order chi connectivity index (χ1) is 15.4. The molecule has 0 N–H and O–H groups in total. The summed E-state index contributed by atoms with van der Waals surface area (Å²) in [5.74, 6) is 5.42. The van der Waals surface area contributed by atoms with E-state index in [1.54, 1.807) is 0 Å². The molecular formula is C26H24N2O4. The summed E-state index contributed by atoms with van der Waals surface area (Å²) in [7, 11) is 0. The van der Waals surface area contributed by atoms with Crippen LogP contribution in [0.3, 0.4) is 0 Å². The third kappa shape index (κ3) is 2.56. The normalized spacial score (nSPS) is 20.2. The Kier molecular flexibility index (Phi) is 4.53. The number of benzene rings is 1. The van der Waals surface area contributed by atoms with E-state index in [2.05, 4.69) is 11.8 Å². The number of terminal acetylenes is 2. The Labute approximate surface area is 184 Å². The van der Waals surface area contributed by atoms with Crippen LogP contribution in [0, 0.1) is 24.7 Å². The van der Waals surface area contributed by atoms with Crippen LogP contribution in [0.1, 0.15) is 64.2 Å². The van der Waals surface area contributed by atoms with E-state index in [0.717, 1.165) is 38.5 Å². The predicted molar refractivity (Wildman–Crippen MR) is 125 cm³/mol. The third-order valence-corrected chi connectivity index (χ3v) is 7.65. The van der Waals surface area contributed by atoms with Crippen LogP contribution in [0.15, 0.2) is 31.3 Å². The molecule has 0 radical (unpaired) electrons. The maximum atomic E-state index is 13.3. The number of rotatable bonds is 2. The molecule has 6 heteroatoms. The second-order valence-electron chi connectivity index (χ2n) is 9.31. The number of aromatic nitrogens is 2. The molecular weight excluding hydrogens is 404 g/mol. The van der Waals surface area contributed by atoms with Gasteiger partial charge in [-0.25, -0.2) is 0 Å². The molecule has 1 aromatic carbocycles. The zero-order valence-electron chi connectivity index (χ0n) is 17.9. The second-order valence-corrected chi connectivity index (χ2v) is 9.31. The van der Waals surface area contributed by atoms with Gasteiger partial charge in [0.15, 0.2) is 0 Å². The van der Waals surface area contributed by atoms with Gasteiger partial charge in [0.2, 0.25) is 0 Å². The van der Waals surface area contributed by atoms with Crippen molar-refractivity contribution in [2.75, 3.05) is 0 Å². The third-order valence-electron chi connectivity index (χ3n) is 7.65. The first-order valence-electron chi connectivity index (χ1n) is 11.3. The Bertz CT molecular complexity index is 1340. The Morgan fingerprint density at radius 2 is 0.844 bits per heavy atom. The van der Waals surface area contributed by atoms with Crippen molar-refractivity contribution in [3.63, 3.8) is 0 Å². The maximum absolute atomic E-state index is 13.3. The van der Waals surface area contributed by atoms with Crippen molar-refractivity contribution >= 4 is 21.5 Å². The lowest BCUT2D eigenvalue weighted by atomic mass is 9.82. The lowest BCUT2D eigenvalue weighted by Gasteiger charge is -2.32. The molecule has 2 saturated carbocycles. The first kappa shape index (κ1) is 20.5. The fraction of sp³-hybridized carbons (Fsp3) is 0.462. The summed E-state index contributed by atoms with van der Waals surface area (Å²) in [4.78, 5) is 53.3. The minimum absolute atomic E-state index is 0.135. The van der Waals surface area contributed by atoms with Crippen LogP contribution in [-0.4, -0.2) is 9.13 Å². The molecule has 0 saturated heterocycles. The molecule has 0 bridgehead atoms. The summed E-state index contributed by atoms with van der Waals surface area (Å²) in [5, 5.41) is 0.538. The molecule has 162 valence electrons. The van der Waals surface area contributed by atoms with Crippen LogP contribution in [0.25, 0.3) is 21.5 Å². The fourth-order valence-corrected chi connectivity index (χ4v) is 5.89. The number of nitrogens with zero attached hydrogens (tertiary/aromatic N) is 2. The highest BCUT2D eigenvalue weighted by Crippen LogP contribution is 2.35. The molecule has 2 aromatic heterocycles. The minimum Gasteiger partial charge on any atom is -0.269 e. The van der Waals surface area contributed by atoms with Gasteiger partial charge >= 0.3 is 0 Å². The van der Waals surface area contributed by atoms with E-state index in [-0.39, 0.29) is 21.5 Å². The van der Waals surface area contributed by atoms with Crippen LogP contribution in [-0.2, 0) is 11.1 Å². The van der Waals surface area contributed by atoms with E-state index in [4.69, 9.17) is 12.8 Å². The van der Waals surface area contributed by atoms with Crippen molar-refractivity contribution in [1.82, 2.24) is 9.13 Å². The van der Waals surface area contributed by atoms with Crippen LogP contribution >= 0.6 is 0 Å². The van der Waals surface area contributed by atoms with E-state index in [1.165, 1.54) is 21.3 Å². The van der Waals surface area contributed by atoms with Gasteiger partial charge in [0.05, 0.1) is 21.5 Å². The van der Waals surface area contributed by atoms with Gasteiger partial charge in [-0.15, -0.1) is 12.8 Å². The predicted octanol–water partition coefficient (Wildman–Crippen LogP) is 2.50. The minimum atomic E-state index is -0.953. The molecule has 6 nitrogen and oxygen atoms in total. The average molecular weight is 428 g/mol. The molecule has 2 fully saturated rings. The first-order valence-corrected chi connectivity index (χ1v) is 11.3. The maximum Gasteiger partial charge on any atom is 0.262 e. The lowest BCUT2D eigenvalue weighted by Crippen LogP contribution is -2.45. The Balaban J connectivity index is 1.81. The zero-order valence-corrected chi connectivity index (χ0v) is 17.9. The largest absolute Gasteiger partial charge is 0.269 e. The quantitative estimate of drug-likeness (QED) is 0.588. The van der Waals surface area contributed by atoms with Gasteiger partial charge in [-0.3, -0.25) is 28.3 Å². The average Bonchev–Trinajstić information content (AvgIpc) is 3.23. The monoisotopic (exact) mass is 428 g/mol. The molecule has 0 amide bonds. The van der Waals surface area contributed by atoms with E-state index in [9.17, 15) is 19.2 Å². The summed E-state index contributed by atoms with van der Waals surface area (Å²) >= 11 is 0. The molecule has 0 unspecified atom stereocenters. The molecule has 3 aromatic rings. The lowest BCUT2D eigenvalue weighted by molar-refractivity contribution is 0.261. The topological polar surface area (TPSA) is 78.1 Å². The molecule has 0 atom stereocenters. The highest BCUT2D eigenvalue weighted by Gasteiger charge is 2.38. The van der Waals surface area contributed by atoms with E-state index in [1.807, 2.05) is 0 Å². The number of fused-ring (bicyclic) bond motifs is 2. The van der Waals surface area contributed by atoms with Crippen LogP contribution < -0.4 is 22.2 Å².